The number of halogens is 1. The van der Waals surface area contributed by atoms with Gasteiger partial charge in [0.25, 0.3) is 5.89 Å². The highest BCUT2D eigenvalue weighted by molar-refractivity contribution is 5.95. The smallest absolute Gasteiger partial charge is 0.261 e. The van der Waals surface area contributed by atoms with E-state index in [1.165, 1.54) is 12.2 Å². The second-order valence-corrected chi connectivity index (χ2v) is 6.77. The molecule has 0 aliphatic heterocycles. The third-order valence-corrected chi connectivity index (χ3v) is 4.59. The van der Waals surface area contributed by atoms with Gasteiger partial charge in [-0.25, -0.2) is 4.39 Å². The first-order valence-electron chi connectivity index (χ1n) is 9.35. The summed E-state index contributed by atoms with van der Waals surface area (Å²) >= 11 is 0. The average molecular weight is 423 g/mol. The minimum absolute atomic E-state index is 0.159. The van der Waals surface area contributed by atoms with Crippen LogP contribution in [0.25, 0.3) is 22.8 Å². The van der Waals surface area contributed by atoms with E-state index in [1.807, 2.05) is 0 Å². The number of primary amides is 1. The Bertz CT molecular complexity index is 1190. The molecule has 2 aromatic heterocycles. The van der Waals surface area contributed by atoms with E-state index in [9.17, 15) is 9.18 Å². The Labute approximate surface area is 178 Å². The number of carbonyl (C=O) groups is 1. The van der Waals surface area contributed by atoms with E-state index >= 15 is 0 Å². The number of nitrogens with two attached hydrogens (primary N) is 1. The molecule has 0 bridgehead atoms. The summed E-state index contributed by atoms with van der Waals surface area (Å²) in [4.78, 5) is 16.0. The first kappa shape index (κ1) is 21.7. The van der Waals surface area contributed by atoms with Gasteiger partial charge in [0.05, 0.1) is 23.2 Å². The Balaban J connectivity index is 1.85. The zero-order chi connectivity index (χ0) is 22.5. The molecule has 2 N–H and O–H groups in total. The minimum atomic E-state index is -0.527. The molecule has 0 radical (unpaired) electrons. The fourth-order valence-corrected chi connectivity index (χ4v) is 2.78. The molecule has 0 fully saturated rings. The van der Waals surface area contributed by atoms with Crippen LogP contribution in [0.15, 0.2) is 65.3 Å². The van der Waals surface area contributed by atoms with Crippen LogP contribution in [0.3, 0.4) is 0 Å². The lowest BCUT2D eigenvalue weighted by atomic mass is 10.0. The minimum Gasteiger partial charge on any atom is -0.492 e. The van der Waals surface area contributed by atoms with E-state index in [2.05, 4.69) is 21.8 Å². The Kier molecular flexibility index (Phi) is 6.44. The predicted molar refractivity (Wildman–Crippen MR) is 113 cm³/mol. The molecule has 1 amide bonds. The molecule has 9 heteroatoms. The van der Waals surface area contributed by atoms with Crippen LogP contribution in [-0.4, -0.2) is 25.8 Å². The Morgan fingerprint density at radius 2 is 2.16 bits per heavy atom. The highest BCUT2D eigenvalue weighted by Gasteiger charge is 2.19. The summed E-state index contributed by atoms with van der Waals surface area (Å²) < 4.78 is 25.9. The molecule has 0 saturated heterocycles. The standard InChI is InChI=1S/C22H22FN5O3/c1-5-16(23)9-7-14(3)30-12-19-18(11-25-28(19)4)22-26-21(27-31-22)15-8-6-13(2)17(10-15)20(24)29/h5-11H,1,12H2,2-4H3,(H2,24,29)/b14-7+,16-9+. The van der Waals surface area contributed by atoms with Gasteiger partial charge < -0.3 is 15.0 Å². The third-order valence-electron chi connectivity index (χ3n) is 4.59. The van der Waals surface area contributed by atoms with E-state index < -0.39 is 11.7 Å². The van der Waals surface area contributed by atoms with Crippen molar-refractivity contribution < 1.29 is 18.4 Å². The lowest BCUT2D eigenvalue weighted by Gasteiger charge is -2.07. The van der Waals surface area contributed by atoms with Gasteiger partial charge >= 0.3 is 0 Å². The van der Waals surface area contributed by atoms with Crippen LogP contribution < -0.4 is 5.73 Å². The van der Waals surface area contributed by atoms with Crippen molar-refractivity contribution in [1.29, 1.82) is 0 Å². The molecule has 0 unspecified atom stereocenters. The molecule has 0 atom stereocenters. The summed E-state index contributed by atoms with van der Waals surface area (Å²) in [5, 5.41) is 8.24. The van der Waals surface area contributed by atoms with Crippen molar-refractivity contribution in [3.8, 4) is 22.8 Å². The fraction of sp³-hybridized carbons (Fsp3) is 0.182. The van der Waals surface area contributed by atoms with Gasteiger partial charge in [-0.3, -0.25) is 9.48 Å². The van der Waals surface area contributed by atoms with Crippen LogP contribution in [0.1, 0.15) is 28.5 Å². The molecule has 0 saturated carbocycles. The zero-order valence-corrected chi connectivity index (χ0v) is 17.4. The summed E-state index contributed by atoms with van der Waals surface area (Å²) in [7, 11) is 1.76. The average Bonchev–Trinajstić information content (AvgIpc) is 3.37. The number of hydrogen-bond donors (Lipinski definition) is 1. The second kappa shape index (κ2) is 9.21. The van der Waals surface area contributed by atoms with Gasteiger partial charge in [-0.1, -0.05) is 23.9 Å². The molecular formula is C22H22FN5O3. The largest absolute Gasteiger partial charge is 0.492 e. The molecule has 160 valence electrons. The molecule has 0 spiro atoms. The highest BCUT2D eigenvalue weighted by Crippen LogP contribution is 2.27. The van der Waals surface area contributed by atoms with Gasteiger partial charge in [-0.2, -0.15) is 10.1 Å². The van der Waals surface area contributed by atoms with Gasteiger partial charge in [-0.15, -0.1) is 0 Å². The molecule has 2 heterocycles. The summed E-state index contributed by atoms with van der Waals surface area (Å²) in [6, 6.07) is 5.19. The Morgan fingerprint density at radius 1 is 1.39 bits per heavy atom. The van der Waals surface area contributed by atoms with Gasteiger partial charge in [0.15, 0.2) is 0 Å². The lowest BCUT2D eigenvalue weighted by Crippen LogP contribution is -2.12. The fourth-order valence-electron chi connectivity index (χ4n) is 2.78. The van der Waals surface area contributed by atoms with Gasteiger partial charge in [0.1, 0.15) is 12.4 Å². The first-order valence-corrected chi connectivity index (χ1v) is 9.35. The number of ether oxygens (including phenoxy) is 1. The number of benzene rings is 1. The number of aromatic nitrogens is 4. The molecule has 31 heavy (non-hydrogen) atoms. The van der Waals surface area contributed by atoms with E-state index in [0.29, 0.717) is 34.0 Å². The quantitative estimate of drug-likeness (QED) is 0.433. The van der Waals surface area contributed by atoms with Crippen LogP contribution >= 0.6 is 0 Å². The number of aryl methyl sites for hydroxylation is 2. The SMILES string of the molecule is C=C/C(F)=C\C=C(/C)OCc1c(-c2nc(-c3ccc(C)c(C(N)=O)c3)no2)cnn1C. The van der Waals surface area contributed by atoms with Crippen LogP contribution in [0.2, 0.25) is 0 Å². The maximum absolute atomic E-state index is 13.2. The summed E-state index contributed by atoms with van der Waals surface area (Å²) in [5.74, 6) is 0.0876. The normalized spacial score (nSPS) is 12.1. The maximum atomic E-state index is 13.2. The third kappa shape index (κ3) is 4.95. The van der Waals surface area contributed by atoms with Gasteiger partial charge in [0, 0.05) is 18.2 Å². The van der Waals surface area contributed by atoms with Crippen LogP contribution in [0, 0.1) is 6.92 Å². The zero-order valence-electron chi connectivity index (χ0n) is 17.4. The van der Waals surface area contributed by atoms with Crippen molar-refractivity contribution in [2.45, 2.75) is 20.5 Å². The number of nitrogens with zero attached hydrogens (tertiary/aromatic N) is 4. The van der Waals surface area contributed by atoms with Crippen molar-refractivity contribution in [2.24, 2.45) is 12.8 Å². The first-order chi connectivity index (χ1) is 14.8. The topological polar surface area (TPSA) is 109 Å². The molecular weight excluding hydrogens is 401 g/mol. The van der Waals surface area contributed by atoms with Crippen LogP contribution in [-0.2, 0) is 18.4 Å². The summed E-state index contributed by atoms with van der Waals surface area (Å²) in [6.07, 6.45) is 5.47. The van der Waals surface area contributed by atoms with E-state index in [1.54, 1.807) is 50.0 Å². The molecule has 0 aliphatic rings. The van der Waals surface area contributed by atoms with Crippen LogP contribution in [0.4, 0.5) is 4.39 Å². The van der Waals surface area contributed by atoms with Crippen molar-refractivity contribution in [1.82, 2.24) is 19.9 Å². The number of carbonyl (C=O) groups excluding carboxylic acids is 1. The Morgan fingerprint density at radius 3 is 2.87 bits per heavy atom. The number of rotatable bonds is 8. The van der Waals surface area contributed by atoms with Crippen LogP contribution in [0.5, 0.6) is 0 Å². The number of hydrogen-bond acceptors (Lipinski definition) is 6. The van der Waals surface area contributed by atoms with Gasteiger partial charge in [0.2, 0.25) is 11.7 Å². The summed E-state index contributed by atoms with van der Waals surface area (Å²) in [6.45, 7) is 7.02. The predicted octanol–water partition coefficient (Wildman–Crippen LogP) is 4.00. The van der Waals surface area contributed by atoms with E-state index in [0.717, 1.165) is 11.6 Å². The monoisotopic (exact) mass is 423 g/mol. The summed E-state index contributed by atoms with van der Waals surface area (Å²) in [5.41, 5.74) is 8.47. The Hall–Kier alpha value is -4.01. The second-order valence-electron chi connectivity index (χ2n) is 6.77. The molecule has 3 rings (SSSR count). The number of amides is 1. The maximum Gasteiger partial charge on any atom is 0.261 e. The van der Waals surface area contributed by atoms with Crippen molar-refractivity contribution >= 4 is 5.91 Å². The number of allylic oxidation sites excluding steroid dienone is 5. The van der Waals surface area contributed by atoms with E-state index in [-0.39, 0.29) is 12.5 Å². The molecule has 1 aromatic carbocycles. The van der Waals surface area contributed by atoms with Gasteiger partial charge in [-0.05, 0) is 43.7 Å². The van der Waals surface area contributed by atoms with Crippen molar-refractivity contribution in [3.63, 3.8) is 0 Å². The molecule has 8 nitrogen and oxygen atoms in total. The highest BCUT2D eigenvalue weighted by atomic mass is 19.1. The van der Waals surface area contributed by atoms with Crippen molar-refractivity contribution in [2.75, 3.05) is 0 Å². The van der Waals surface area contributed by atoms with E-state index in [4.69, 9.17) is 15.0 Å². The molecule has 3 aromatic rings. The van der Waals surface area contributed by atoms with Crippen molar-refractivity contribution in [3.05, 3.63) is 77.6 Å². The molecule has 0 aliphatic carbocycles. The lowest BCUT2D eigenvalue weighted by molar-refractivity contribution is 0.0999.